The third-order valence-corrected chi connectivity index (χ3v) is 2.97. The molecule has 1 N–H and O–H groups in total. The molecule has 1 atom stereocenters. The zero-order valence-electron chi connectivity index (χ0n) is 14.5. The van der Waals surface area contributed by atoms with Crippen molar-refractivity contribution in [1.82, 2.24) is 10.2 Å². The van der Waals surface area contributed by atoms with Crippen molar-refractivity contribution >= 4 is 12.1 Å². The first-order chi connectivity index (χ1) is 10.7. The summed E-state index contributed by atoms with van der Waals surface area (Å²) in [5.74, 6) is -0.504. The van der Waals surface area contributed by atoms with Gasteiger partial charge in [0.1, 0.15) is 11.6 Å². The maximum atomic E-state index is 11.9. The average molecular weight is 322 g/mol. The van der Waals surface area contributed by atoms with Gasteiger partial charge in [-0.3, -0.25) is 4.90 Å². The van der Waals surface area contributed by atoms with E-state index in [-0.39, 0.29) is 0 Å². The van der Waals surface area contributed by atoms with E-state index in [1.807, 2.05) is 42.3 Å². The highest BCUT2D eigenvalue weighted by Crippen LogP contribution is 2.08. The average Bonchev–Trinajstić information content (AvgIpc) is 2.44. The number of hydrogen-bond acceptors (Lipinski definition) is 5. The molecule has 1 amide bonds. The van der Waals surface area contributed by atoms with E-state index in [4.69, 9.17) is 9.47 Å². The Morgan fingerprint density at radius 1 is 1.22 bits per heavy atom. The second kappa shape index (κ2) is 8.53. The molecule has 0 aromatic heterocycles. The van der Waals surface area contributed by atoms with Crippen LogP contribution in [0.1, 0.15) is 26.3 Å². The Labute approximate surface area is 137 Å². The molecule has 1 rings (SSSR count). The Morgan fingerprint density at radius 3 is 2.35 bits per heavy atom. The van der Waals surface area contributed by atoms with Crippen molar-refractivity contribution < 1.29 is 19.1 Å². The van der Waals surface area contributed by atoms with Crippen LogP contribution in [0, 0.1) is 0 Å². The normalized spacial score (nSPS) is 12.6. The molecule has 6 heteroatoms. The van der Waals surface area contributed by atoms with Crippen LogP contribution in [0.4, 0.5) is 4.79 Å². The van der Waals surface area contributed by atoms with E-state index in [0.717, 1.165) is 5.56 Å². The third-order valence-electron chi connectivity index (χ3n) is 2.97. The predicted molar refractivity (Wildman–Crippen MR) is 87.9 cm³/mol. The van der Waals surface area contributed by atoms with Gasteiger partial charge >= 0.3 is 12.1 Å². The molecule has 6 nitrogen and oxygen atoms in total. The Bertz CT molecular complexity index is 511. The van der Waals surface area contributed by atoms with Gasteiger partial charge in [0.2, 0.25) is 0 Å². The molecule has 0 fully saturated rings. The van der Waals surface area contributed by atoms with E-state index >= 15 is 0 Å². The number of carbonyl (C=O) groups excluding carboxylic acids is 2. The van der Waals surface area contributed by atoms with E-state index in [1.165, 1.54) is 7.11 Å². The van der Waals surface area contributed by atoms with E-state index in [0.29, 0.717) is 13.1 Å². The summed E-state index contributed by atoms with van der Waals surface area (Å²) in [6.45, 7) is 6.27. The number of benzene rings is 1. The number of nitrogens with zero attached hydrogens (tertiary/aromatic N) is 1. The molecule has 0 aliphatic rings. The van der Waals surface area contributed by atoms with Crippen LogP contribution in [0.5, 0.6) is 0 Å². The summed E-state index contributed by atoms with van der Waals surface area (Å²) in [5.41, 5.74) is 0.497. The van der Waals surface area contributed by atoms with E-state index in [2.05, 4.69) is 5.32 Å². The fourth-order valence-electron chi connectivity index (χ4n) is 2.04. The van der Waals surface area contributed by atoms with Gasteiger partial charge in [-0.2, -0.15) is 0 Å². The molecule has 0 spiro atoms. The van der Waals surface area contributed by atoms with Crippen LogP contribution in [-0.4, -0.2) is 49.3 Å². The summed E-state index contributed by atoms with van der Waals surface area (Å²) < 4.78 is 9.94. The minimum Gasteiger partial charge on any atom is -0.467 e. The second-order valence-electron chi connectivity index (χ2n) is 6.40. The van der Waals surface area contributed by atoms with Crippen LogP contribution < -0.4 is 5.32 Å². The Morgan fingerprint density at radius 2 is 1.83 bits per heavy atom. The lowest BCUT2D eigenvalue weighted by Gasteiger charge is -2.25. The van der Waals surface area contributed by atoms with Crippen LogP contribution >= 0.6 is 0 Å². The molecular formula is C17H26N2O4. The molecule has 0 radical (unpaired) electrons. The van der Waals surface area contributed by atoms with Gasteiger partial charge in [0.25, 0.3) is 0 Å². The Balaban J connectivity index is 2.63. The predicted octanol–water partition coefficient (Wildman–Crippen LogP) is 2.18. The maximum absolute atomic E-state index is 11.9. The van der Waals surface area contributed by atoms with Crippen molar-refractivity contribution in [2.75, 3.05) is 20.7 Å². The van der Waals surface area contributed by atoms with Crippen molar-refractivity contribution in [2.45, 2.75) is 39.0 Å². The molecule has 23 heavy (non-hydrogen) atoms. The fourth-order valence-corrected chi connectivity index (χ4v) is 2.04. The number of rotatable bonds is 6. The lowest BCUT2D eigenvalue weighted by atomic mass is 10.2. The van der Waals surface area contributed by atoms with Crippen molar-refractivity contribution in [1.29, 1.82) is 0 Å². The third kappa shape index (κ3) is 7.65. The van der Waals surface area contributed by atoms with Crippen molar-refractivity contribution in [3.63, 3.8) is 0 Å². The van der Waals surface area contributed by atoms with Gasteiger partial charge < -0.3 is 14.8 Å². The first-order valence-corrected chi connectivity index (χ1v) is 7.51. The molecular weight excluding hydrogens is 296 g/mol. The van der Waals surface area contributed by atoms with Crippen LogP contribution in [0.2, 0.25) is 0 Å². The lowest BCUT2D eigenvalue weighted by Crippen LogP contribution is -2.49. The van der Waals surface area contributed by atoms with Crippen LogP contribution in [0.25, 0.3) is 0 Å². The van der Waals surface area contributed by atoms with Gasteiger partial charge in [-0.25, -0.2) is 9.59 Å². The number of esters is 1. The van der Waals surface area contributed by atoms with Crippen LogP contribution in [-0.2, 0) is 20.8 Å². The smallest absolute Gasteiger partial charge is 0.408 e. The molecule has 128 valence electrons. The molecule has 0 saturated heterocycles. The Kier molecular flexibility index (Phi) is 7.03. The number of nitrogens with one attached hydrogen (secondary N) is 1. The number of ether oxygens (including phenoxy) is 2. The summed E-state index contributed by atoms with van der Waals surface area (Å²) >= 11 is 0. The number of amides is 1. The zero-order valence-corrected chi connectivity index (χ0v) is 14.5. The van der Waals surface area contributed by atoms with Gasteiger partial charge in [-0.1, -0.05) is 30.3 Å². The van der Waals surface area contributed by atoms with Gasteiger partial charge in [0.15, 0.2) is 0 Å². The molecule has 0 bridgehead atoms. The van der Waals surface area contributed by atoms with Crippen LogP contribution in [0.3, 0.4) is 0 Å². The number of methoxy groups -OCH3 is 1. The van der Waals surface area contributed by atoms with E-state index < -0.39 is 23.7 Å². The maximum Gasteiger partial charge on any atom is 0.408 e. The summed E-state index contributed by atoms with van der Waals surface area (Å²) in [6.07, 6.45) is -0.638. The van der Waals surface area contributed by atoms with E-state index in [1.54, 1.807) is 20.8 Å². The number of carbonyl (C=O) groups is 2. The van der Waals surface area contributed by atoms with Gasteiger partial charge in [-0.05, 0) is 33.4 Å². The fraction of sp³-hybridized carbons (Fsp3) is 0.529. The minimum atomic E-state index is -0.788. The molecule has 1 aromatic carbocycles. The van der Waals surface area contributed by atoms with Crippen LogP contribution in [0.15, 0.2) is 30.3 Å². The molecule has 0 unspecified atom stereocenters. The standard InChI is InChI=1S/C17H26N2O4/c1-17(2,3)23-16(21)18-14(15(20)22-5)12-19(4)11-13-9-7-6-8-10-13/h6-10,14H,11-12H2,1-5H3,(H,18,21)/t14-/m1/s1. The SMILES string of the molecule is COC(=O)[C@@H](CN(C)Cc1ccccc1)NC(=O)OC(C)(C)C. The van der Waals surface area contributed by atoms with E-state index in [9.17, 15) is 9.59 Å². The topological polar surface area (TPSA) is 67.9 Å². The summed E-state index contributed by atoms with van der Waals surface area (Å²) in [6, 6.07) is 9.09. The highest BCUT2D eigenvalue weighted by Gasteiger charge is 2.26. The number of likely N-dealkylation sites (N-methyl/N-ethyl adjacent to an activating group) is 1. The van der Waals surface area contributed by atoms with Crippen molar-refractivity contribution in [3.05, 3.63) is 35.9 Å². The Hall–Kier alpha value is -2.08. The lowest BCUT2D eigenvalue weighted by molar-refractivity contribution is -0.143. The van der Waals surface area contributed by atoms with Gasteiger partial charge in [-0.15, -0.1) is 0 Å². The molecule has 0 aliphatic heterocycles. The quantitative estimate of drug-likeness (QED) is 0.813. The second-order valence-corrected chi connectivity index (χ2v) is 6.40. The number of alkyl carbamates (subject to hydrolysis) is 1. The first kappa shape index (κ1) is 19.0. The highest BCUT2D eigenvalue weighted by atomic mass is 16.6. The molecule has 0 aliphatic carbocycles. The highest BCUT2D eigenvalue weighted by molar-refractivity contribution is 5.81. The monoisotopic (exact) mass is 322 g/mol. The summed E-state index contributed by atoms with van der Waals surface area (Å²) in [4.78, 5) is 25.7. The number of hydrogen-bond donors (Lipinski definition) is 1. The minimum absolute atomic E-state index is 0.320. The van der Waals surface area contributed by atoms with Crippen molar-refractivity contribution in [2.24, 2.45) is 0 Å². The largest absolute Gasteiger partial charge is 0.467 e. The molecule has 1 aromatic rings. The molecule has 0 saturated carbocycles. The van der Waals surface area contributed by atoms with Crippen molar-refractivity contribution in [3.8, 4) is 0 Å². The first-order valence-electron chi connectivity index (χ1n) is 7.51. The van der Waals surface area contributed by atoms with Gasteiger partial charge in [0.05, 0.1) is 7.11 Å². The summed E-state index contributed by atoms with van der Waals surface area (Å²) in [5, 5.41) is 2.56. The molecule has 0 heterocycles. The van der Waals surface area contributed by atoms with Gasteiger partial charge in [0, 0.05) is 13.1 Å². The summed E-state index contributed by atoms with van der Waals surface area (Å²) in [7, 11) is 3.17. The zero-order chi connectivity index (χ0) is 17.5.